The molecule has 3 aliphatic rings. The lowest BCUT2D eigenvalue weighted by molar-refractivity contribution is 0.0165. The highest BCUT2D eigenvalue weighted by molar-refractivity contribution is 7.92. The highest BCUT2D eigenvalue weighted by Crippen LogP contribution is 2.46. The summed E-state index contributed by atoms with van der Waals surface area (Å²) in [5.74, 6) is 0.626. The fourth-order valence-corrected chi connectivity index (χ4v) is 9.51. The van der Waals surface area contributed by atoms with Gasteiger partial charge in [0.2, 0.25) is 5.88 Å². The highest BCUT2D eigenvalue weighted by Gasteiger charge is 2.41. The normalized spacial score (nSPS) is 18.9. The molecule has 0 saturated carbocycles. The van der Waals surface area contributed by atoms with E-state index in [1.54, 1.807) is 11.8 Å². The predicted molar refractivity (Wildman–Crippen MR) is 189 cm³/mol. The van der Waals surface area contributed by atoms with E-state index in [4.69, 9.17) is 13.8 Å². The monoisotopic (exact) mass is 673 g/mol. The fraction of sp³-hybridized carbons (Fsp3) is 0.282. The van der Waals surface area contributed by atoms with Crippen molar-refractivity contribution in [2.45, 2.75) is 61.6 Å². The summed E-state index contributed by atoms with van der Waals surface area (Å²) in [6.45, 7) is 2.84. The van der Waals surface area contributed by atoms with Crippen LogP contribution in [0.1, 0.15) is 58.2 Å². The van der Waals surface area contributed by atoms with Crippen molar-refractivity contribution in [1.82, 2.24) is 14.5 Å². The average molecular weight is 674 g/mol. The molecule has 2 heterocycles. The van der Waals surface area contributed by atoms with E-state index in [0.717, 1.165) is 48.1 Å². The number of nitrogens with zero attached hydrogens (tertiary/aromatic N) is 3. The molecule has 10 heteroatoms. The number of amides is 2. The van der Waals surface area contributed by atoms with Crippen molar-refractivity contribution >= 4 is 21.6 Å². The molecular weight excluding hydrogens is 635 g/mol. The first kappa shape index (κ1) is 31.3. The van der Waals surface area contributed by atoms with Gasteiger partial charge in [0.25, 0.3) is 0 Å². The molecule has 250 valence electrons. The van der Waals surface area contributed by atoms with E-state index >= 15 is 4.21 Å². The molecule has 1 aliphatic heterocycles. The van der Waals surface area contributed by atoms with Gasteiger partial charge in [-0.1, -0.05) is 104 Å². The van der Waals surface area contributed by atoms with Gasteiger partial charge >= 0.3 is 6.03 Å². The van der Waals surface area contributed by atoms with Gasteiger partial charge < -0.3 is 14.8 Å². The number of carbonyl (C=O) groups is 1. The summed E-state index contributed by atoms with van der Waals surface area (Å²) in [4.78, 5) is 14.5. The zero-order valence-electron chi connectivity index (χ0n) is 27.6. The van der Waals surface area contributed by atoms with Gasteiger partial charge in [0.05, 0.1) is 12.7 Å². The van der Waals surface area contributed by atoms with E-state index in [9.17, 15) is 4.79 Å². The maximum Gasteiger partial charge on any atom is 0.331 e. The molecule has 5 aromatic rings. The smallest absolute Gasteiger partial charge is 0.331 e. The molecule has 2 unspecified atom stereocenters. The van der Waals surface area contributed by atoms with Crippen molar-refractivity contribution in [2.24, 2.45) is 4.36 Å². The molecule has 2 N–H and O–H groups in total. The van der Waals surface area contributed by atoms with Gasteiger partial charge in [-0.3, -0.25) is 0 Å². The van der Waals surface area contributed by atoms with Crippen LogP contribution in [0.15, 0.2) is 113 Å². The minimum absolute atomic E-state index is 0.198. The first-order valence-corrected chi connectivity index (χ1v) is 18.3. The lowest BCUT2D eigenvalue weighted by atomic mass is 9.75. The molecule has 2 aliphatic carbocycles. The second-order valence-electron chi connectivity index (χ2n) is 13.1. The summed E-state index contributed by atoms with van der Waals surface area (Å²) in [5, 5.41) is 7.73. The zero-order chi connectivity index (χ0) is 33.6. The Labute approximate surface area is 287 Å². The predicted octanol–water partition coefficient (Wildman–Crippen LogP) is 6.99. The van der Waals surface area contributed by atoms with E-state index in [2.05, 4.69) is 28.1 Å². The number of hydrogen-bond donors (Lipinski definition) is 2. The van der Waals surface area contributed by atoms with Crippen LogP contribution in [0, 0.1) is 0 Å². The minimum atomic E-state index is -3.83. The summed E-state index contributed by atoms with van der Waals surface area (Å²) in [5.41, 5.74) is 6.83. The molecule has 0 bridgehead atoms. The van der Waals surface area contributed by atoms with Gasteiger partial charge in [0.15, 0.2) is 9.92 Å². The molecule has 0 saturated heterocycles. The molecular formula is C39H39N5O4S. The molecule has 0 spiro atoms. The van der Waals surface area contributed by atoms with Crippen molar-refractivity contribution in [1.29, 1.82) is 0 Å². The summed E-state index contributed by atoms with van der Waals surface area (Å²) in [6.07, 6.45) is 5.21. The number of aryl methyl sites for hydroxylation is 1. The van der Waals surface area contributed by atoms with Crippen LogP contribution in [-0.4, -0.2) is 39.8 Å². The number of rotatable bonds is 8. The van der Waals surface area contributed by atoms with E-state index in [0.29, 0.717) is 18.3 Å². The lowest BCUT2D eigenvalue weighted by Crippen LogP contribution is -2.39. The second-order valence-corrected chi connectivity index (χ2v) is 14.9. The van der Waals surface area contributed by atoms with Crippen molar-refractivity contribution in [2.75, 3.05) is 19.0 Å². The molecule has 2 amide bonds. The first-order valence-electron chi connectivity index (χ1n) is 16.8. The molecule has 49 heavy (non-hydrogen) atoms. The van der Waals surface area contributed by atoms with Crippen molar-refractivity contribution in [3.05, 3.63) is 142 Å². The molecule has 0 radical (unpaired) electrons. The van der Waals surface area contributed by atoms with Crippen LogP contribution in [0.4, 0.5) is 10.5 Å². The number of aromatic nitrogens is 2. The minimum Gasteiger partial charge on any atom is -0.474 e. The molecule has 8 rings (SSSR count). The number of nitrogens with one attached hydrogen (secondary N) is 2. The Morgan fingerprint density at radius 3 is 2.18 bits per heavy atom. The third-order valence-electron chi connectivity index (χ3n) is 10.0. The van der Waals surface area contributed by atoms with Gasteiger partial charge in [-0.05, 0) is 70.5 Å². The molecule has 9 nitrogen and oxygen atoms in total. The molecule has 1 aromatic heterocycles. The fourth-order valence-electron chi connectivity index (χ4n) is 7.66. The second kappa shape index (κ2) is 12.5. The van der Waals surface area contributed by atoms with Crippen LogP contribution in [0.3, 0.4) is 0 Å². The van der Waals surface area contributed by atoms with Gasteiger partial charge in [0.1, 0.15) is 23.1 Å². The molecule has 0 fully saturated rings. The summed E-state index contributed by atoms with van der Waals surface area (Å²) in [6, 6.07) is 31.1. The van der Waals surface area contributed by atoms with Gasteiger partial charge in [-0.25, -0.2) is 18.4 Å². The maximum absolute atomic E-state index is 16.0. The van der Waals surface area contributed by atoms with Crippen molar-refractivity contribution in [3.63, 3.8) is 0 Å². The number of hydrogen-bond acceptors (Lipinski definition) is 6. The first-order chi connectivity index (χ1) is 23.9. The Bertz CT molecular complexity index is 2040. The maximum atomic E-state index is 16.0. The van der Waals surface area contributed by atoms with E-state index < -0.39 is 21.5 Å². The van der Waals surface area contributed by atoms with Crippen LogP contribution in [0.2, 0.25) is 0 Å². The standard InChI is InChI=1S/C39H39N5O4S/c1-26-21-28-22-27-13-12-20-33(27)36(35(26)28)41-38(45)42-49(46,34-23-40-44-24-32(47-2)25-48-37(34)44)43-39(29-14-6-3-7-15-29,30-16-8-4-9-17-30)31-18-10-5-11-19-31/h3-11,14-19,22-23,26,32H,12-13,20-21,24-25H2,1-2H3,(H2,41,42,43,45,46)/t26-,32?,49?/m0/s1. The number of fused-ring (bicyclic) bond motifs is 3. The van der Waals surface area contributed by atoms with Crippen molar-refractivity contribution < 1.29 is 18.5 Å². The number of carbonyl (C=O) groups excluding carboxylic acids is 1. The zero-order valence-corrected chi connectivity index (χ0v) is 28.4. The van der Waals surface area contributed by atoms with E-state index in [1.807, 2.05) is 91.0 Å². The number of anilines is 1. The van der Waals surface area contributed by atoms with Crippen LogP contribution in [0.25, 0.3) is 0 Å². The number of ether oxygens (including phenoxy) is 2. The third kappa shape index (κ3) is 5.39. The average Bonchev–Trinajstić information content (AvgIpc) is 3.79. The number of methoxy groups -OCH3 is 1. The Hall–Kier alpha value is -4.93. The highest BCUT2D eigenvalue weighted by atomic mass is 32.2. The lowest BCUT2D eigenvalue weighted by Gasteiger charge is -2.34. The Kier molecular flexibility index (Phi) is 8.00. The summed E-state index contributed by atoms with van der Waals surface area (Å²) in [7, 11) is -2.21. The van der Waals surface area contributed by atoms with Gasteiger partial charge in [0, 0.05) is 12.8 Å². The van der Waals surface area contributed by atoms with Crippen LogP contribution in [0.5, 0.6) is 5.88 Å². The van der Waals surface area contributed by atoms with Gasteiger partial charge in [-0.15, -0.1) is 0 Å². The molecule has 4 aromatic carbocycles. The van der Waals surface area contributed by atoms with Crippen LogP contribution >= 0.6 is 0 Å². The Morgan fingerprint density at radius 2 is 1.59 bits per heavy atom. The van der Waals surface area contributed by atoms with Gasteiger partial charge in [-0.2, -0.15) is 9.46 Å². The summed E-state index contributed by atoms with van der Waals surface area (Å²) < 4.78 is 37.6. The SMILES string of the molecule is COC1COc2c(S(=O)(=NC(c3ccccc3)(c3ccccc3)c3ccccc3)NC(=O)Nc3c4c(cc5c3[C@@H](C)C5)CCC4)cnn2C1. The van der Waals surface area contributed by atoms with Crippen LogP contribution in [-0.2, 0) is 46.0 Å². The third-order valence-corrected chi connectivity index (χ3v) is 11.9. The van der Waals surface area contributed by atoms with Crippen molar-refractivity contribution in [3.8, 4) is 5.88 Å². The number of benzene rings is 4. The molecule has 3 atom stereocenters. The van der Waals surface area contributed by atoms with E-state index in [1.165, 1.54) is 28.5 Å². The van der Waals surface area contributed by atoms with E-state index in [-0.39, 0.29) is 17.6 Å². The topological polar surface area (TPSA) is 107 Å². The summed E-state index contributed by atoms with van der Waals surface area (Å²) >= 11 is 0. The quantitative estimate of drug-likeness (QED) is 0.173. The Morgan fingerprint density at radius 1 is 0.959 bits per heavy atom. The van der Waals surface area contributed by atoms with Crippen LogP contribution < -0.4 is 14.8 Å². The largest absolute Gasteiger partial charge is 0.474 e. The number of urea groups is 1. The Balaban J connectivity index is 1.34.